The molecule has 1 saturated carbocycles. The van der Waals surface area contributed by atoms with E-state index in [0.717, 1.165) is 0 Å². The second kappa shape index (κ2) is 26.9. The summed E-state index contributed by atoms with van der Waals surface area (Å²) in [6, 6.07) is -3.04. The van der Waals surface area contributed by atoms with Gasteiger partial charge in [0, 0.05) is 5.92 Å². The van der Waals surface area contributed by atoms with Crippen molar-refractivity contribution in [1.82, 2.24) is 5.32 Å². The Labute approximate surface area is 436 Å². The number of aliphatic hydroxyl groups excluding tert-OH is 22. The smallest absolute Gasteiger partial charge is 0.187 e. The number of aliphatic hydroxyl groups is 22. The van der Waals surface area contributed by atoms with Crippen molar-refractivity contribution in [2.45, 2.75) is 215 Å². The minimum atomic E-state index is -2.17. The molecular formula is C43H75NO33. The molecular weight excluding hydrogens is 1060 g/mol. The molecule has 34 nitrogen and oxygen atoms in total. The van der Waals surface area contributed by atoms with Crippen LogP contribution in [0.3, 0.4) is 0 Å². The van der Waals surface area contributed by atoms with Crippen molar-refractivity contribution in [2.24, 2.45) is 5.92 Å². The lowest BCUT2D eigenvalue weighted by atomic mass is 9.76. The predicted octanol–water partition coefficient (Wildman–Crippen LogP) is -15.4. The van der Waals surface area contributed by atoms with Crippen LogP contribution in [0, 0.1) is 5.92 Å². The minimum absolute atomic E-state index is 0.363. The van der Waals surface area contributed by atoms with E-state index in [2.05, 4.69) is 5.32 Å². The topological polar surface area (TPSA) is 559 Å². The quantitative estimate of drug-likeness (QED) is 0.0606. The van der Waals surface area contributed by atoms with Gasteiger partial charge in [0.15, 0.2) is 31.5 Å². The fraction of sp³-hybridized carbons (Fsp3) is 1.00. The highest BCUT2D eigenvalue weighted by Gasteiger charge is 2.58. The van der Waals surface area contributed by atoms with Crippen molar-refractivity contribution in [3.63, 3.8) is 0 Å². The van der Waals surface area contributed by atoms with Crippen LogP contribution in [0.15, 0.2) is 0 Å². The van der Waals surface area contributed by atoms with Crippen LogP contribution in [-0.4, -0.2) is 367 Å². The lowest BCUT2D eigenvalue weighted by Gasteiger charge is -2.51. The maximum absolute atomic E-state index is 11.4. The van der Waals surface area contributed by atoms with Crippen LogP contribution in [-0.2, 0) is 52.1 Å². The third-order valence-corrected chi connectivity index (χ3v) is 15.3. The third kappa shape index (κ3) is 12.8. The molecule has 0 aromatic heterocycles. The zero-order valence-electron chi connectivity index (χ0n) is 41.0. The second-order valence-corrected chi connectivity index (χ2v) is 20.2. The molecule has 0 bridgehead atoms. The molecule has 0 spiro atoms. The second-order valence-electron chi connectivity index (χ2n) is 20.2. The lowest BCUT2D eigenvalue weighted by molar-refractivity contribution is -0.389. The van der Waals surface area contributed by atoms with Crippen LogP contribution in [0.1, 0.15) is 6.92 Å². The molecule has 6 saturated heterocycles. The standard InChI is InChI=1S/C43H75NO33/c1-9-17(44-18-19(52)10(2-45)34(25(58)23(18)56)73-40-30(63)24(57)21(54)12(3-46)69-40)22(55)29(62)39(68-9)75-36-14(5-48)71-42(32(65)26(36)59)77-38-16(7-50)72-43(33(66)28(38)61)76-37-15(6-49)70-41(31(64)27(37)60)74-35-13(4-47)67-8-11(51)20(35)53/h9-66H,2-8H2,1H3. The van der Waals surface area contributed by atoms with Crippen LogP contribution in [0.25, 0.3) is 0 Å². The van der Waals surface area contributed by atoms with Gasteiger partial charge in [-0.2, -0.15) is 0 Å². The van der Waals surface area contributed by atoms with Gasteiger partial charge in [0.2, 0.25) is 0 Å². The fourth-order valence-corrected chi connectivity index (χ4v) is 10.6. The Morgan fingerprint density at radius 2 is 0.662 bits per heavy atom. The zero-order valence-corrected chi connectivity index (χ0v) is 41.0. The largest absolute Gasteiger partial charge is 0.396 e. The fourth-order valence-electron chi connectivity index (χ4n) is 10.6. The Kier molecular flexibility index (Phi) is 22.1. The zero-order chi connectivity index (χ0) is 56.6. The molecule has 0 radical (unpaired) electrons. The molecule has 7 aliphatic rings. The average Bonchev–Trinajstić information content (AvgIpc) is 3.43. The normalized spacial score (nSPS) is 54.0. The average molecular weight is 1130 g/mol. The predicted molar refractivity (Wildman–Crippen MR) is 236 cm³/mol. The van der Waals surface area contributed by atoms with Gasteiger partial charge in [-0.05, 0) is 6.92 Å². The summed E-state index contributed by atoms with van der Waals surface area (Å²) in [5.74, 6) is -1.48. The third-order valence-electron chi connectivity index (χ3n) is 15.3. The van der Waals surface area contributed by atoms with E-state index in [1.807, 2.05) is 0 Å². The summed E-state index contributed by atoms with van der Waals surface area (Å²) in [4.78, 5) is 0. The van der Waals surface area contributed by atoms with Crippen molar-refractivity contribution in [3.05, 3.63) is 0 Å². The SMILES string of the molecule is CC1OC(OC2C(CO)OC(OC3C(CO)OC(OC4C(CO)OC(OC5C(CO)OCC(O)C5O)C(O)C4O)C(O)C3O)C(O)C2O)C(O)C(O)C1NC1C(O)C(O)C(OC2OC(CO)C(O)C(O)C2O)C(CO)C1O. The van der Waals surface area contributed by atoms with E-state index in [1.54, 1.807) is 0 Å². The van der Waals surface area contributed by atoms with Gasteiger partial charge in [-0.25, -0.2) is 0 Å². The van der Waals surface area contributed by atoms with Crippen LogP contribution < -0.4 is 5.32 Å². The maximum atomic E-state index is 11.4. The Balaban J connectivity index is 0.945. The highest BCUT2D eigenvalue weighted by atomic mass is 16.8. The molecule has 23 N–H and O–H groups in total. The number of ether oxygens (including phenoxy) is 11. The summed E-state index contributed by atoms with van der Waals surface area (Å²) in [7, 11) is 0. The van der Waals surface area contributed by atoms with E-state index in [1.165, 1.54) is 6.92 Å². The van der Waals surface area contributed by atoms with Crippen molar-refractivity contribution in [2.75, 3.05) is 46.2 Å². The molecule has 35 unspecified atom stereocenters. The summed E-state index contributed by atoms with van der Waals surface area (Å²) < 4.78 is 61.6. The first kappa shape index (κ1) is 63.2. The Morgan fingerprint density at radius 1 is 0.325 bits per heavy atom. The van der Waals surface area contributed by atoms with Crippen LogP contribution >= 0.6 is 0 Å². The van der Waals surface area contributed by atoms with E-state index in [4.69, 9.17) is 52.1 Å². The molecule has 34 heteroatoms. The molecule has 77 heavy (non-hydrogen) atoms. The molecule has 35 atom stereocenters. The Hall–Kier alpha value is -1.36. The minimum Gasteiger partial charge on any atom is -0.396 e. The number of rotatable bonds is 18. The summed E-state index contributed by atoms with van der Waals surface area (Å²) in [5, 5.41) is 238. The van der Waals surface area contributed by atoms with Gasteiger partial charge >= 0.3 is 0 Å². The van der Waals surface area contributed by atoms with Crippen LogP contribution in [0.4, 0.5) is 0 Å². The Morgan fingerprint density at radius 3 is 1.08 bits per heavy atom. The lowest BCUT2D eigenvalue weighted by Crippen LogP contribution is -2.73. The van der Waals surface area contributed by atoms with Gasteiger partial charge in [0.25, 0.3) is 0 Å². The molecule has 6 heterocycles. The van der Waals surface area contributed by atoms with Crippen LogP contribution in [0.5, 0.6) is 0 Å². The highest BCUT2D eigenvalue weighted by Crippen LogP contribution is 2.37. The van der Waals surface area contributed by atoms with Crippen molar-refractivity contribution < 1.29 is 164 Å². The van der Waals surface area contributed by atoms with Gasteiger partial charge in [0.05, 0.1) is 76.6 Å². The van der Waals surface area contributed by atoms with E-state index >= 15 is 0 Å². The summed E-state index contributed by atoms with van der Waals surface area (Å²) in [6.07, 6.45) is -58.2. The Bertz CT molecular complexity index is 1800. The summed E-state index contributed by atoms with van der Waals surface area (Å²) >= 11 is 0. The van der Waals surface area contributed by atoms with Crippen molar-refractivity contribution in [3.8, 4) is 0 Å². The summed E-state index contributed by atoms with van der Waals surface area (Å²) in [5.41, 5.74) is 0. The van der Waals surface area contributed by atoms with E-state index in [0.29, 0.717) is 0 Å². The number of nitrogens with one attached hydrogen (secondary N) is 1. The first-order chi connectivity index (χ1) is 36.5. The molecule has 450 valence electrons. The van der Waals surface area contributed by atoms with Gasteiger partial charge < -0.3 is 170 Å². The van der Waals surface area contributed by atoms with Gasteiger partial charge in [-0.1, -0.05) is 0 Å². The van der Waals surface area contributed by atoms with Crippen LogP contribution in [0.2, 0.25) is 0 Å². The van der Waals surface area contributed by atoms with Gasteiger partial charge in [0.1, 0.15) is 146 Å². The first-order valence-corrected chi connectivity index (χ1v) is 24.9. The van der Waals surface area contributed by atoms with Crippen molar-refractivity contribution in [1.29, 1.82) is 0 Å². The summed E-state index contributed by atoms with van der Waals surface area (Å²) in [6.45, 7) is -4.46. The molecule has 0 aromatic carbocycles. The van der Waals surface area contributed by atoms with E-state index in [9.17, 15) is 112 Å². The van der Waals surface area contributed by atoms with Gasteiger partial charge in [-0.3, -0.25) is 0 Å². The molecule has 1 aliphatic carbocycles. The maximum Gasteiger partial charge on any atom is 0.187 e. The van der Waals surface area contributed by atoms with E-state index in [-0.39, 0.29) is 6.61 Å². The molecule has 7 fully saturated rings. The van der Waals surface area contributed by atoms with Gasteiger partial charge in [-0.15, -0.1) is 0 Å². The number of hydrogen-bond donors (Lipinski definition) is 23. The first-order valence-electron chi connectivity index (χ1n) is 24.9. The molecule has 7 rings (SSSR count). The monoisotopic (exact) mass is 1130 g/mol. The van der Waals surface area contributed by atoms with Crippen molar-refractivity contribution >= 4 is 0 Å². The molecule has 0 aromatic rings. The number of hydrogen-bond acceptors (Lipinski definition) is 34. The molecule has 0 amide bonds. The highest BCUT2D eigenvalue weighted by molar-refractivity contribution is 5.07. The molecule has 6 aliphatic heterocycles. The van der Waals surface area contributed by atoms with E-state index < -0.39 is 254 Å².